The molecule has 2 atom stereocenters. The van der Waals surface area contributed by atoms with Crippen LogP contribution in [0.15, 0.2) is 0 Å². The molecule has 102 valence electrons. The number of nitrogens with zero attached hydrogens (tertiary/aromatic N) is 1. The molecule has 1 fully saturated rings. The van der Waals surface area contributed by atoms with Crippen LogP contribution in [0.5, 0.6) is 0 Å². The maximum atomic E-state index is 9.31. The molecule has 0 saturated heterocycles. The van der Waals surface area contributed by atoms with Crippen molar-refractivity contribution in [3.8, 4) is 0 Å². The van der Waals surface area contributed by atoms with E-state index in [-0.39, 0.29) is 12.1 Å². The second-order valence-electron chi connectivity index (χ2n) is 5.80. The maximum absolute atomic E-state index is 9.31. The summed E-state index contributed by atoms with van der Waals surface area (Å²) in [7, 11) is 1.74. The van der Waals surface area contributed by atoms with Crippen LogP contribution in [0.1, 0.15) is 33.1 Å². The summed E-state index contributed by atoms with van der Waals surface area (Å²) < 4.78 is 5.17. The topological polar surface area (TPSA) is 58.7 Å². The molecule has 0 amide bonds. The molecule has 0 aromatic rings. The highest BCUT2D eigenvalue weighted by Crippen LogP contribution is 2.31. The van der Waals surface area contributed by atoms with Gasteiger partial charge in [-0.1, -0.05) is 13.8 Å². The van der Waals surface area contributed by atoms with Gasteiger partial charge in [-0.05, 0) is 25.2 Å². The summed E-state index contributed by atoms with van der Waals surface area (Å²) in [6.45, 7) is 7.37. The van der Waals surface area contributed by atoms with Crippen molar-refractivity contribution >= 4 is 0 Å². The van der Waals surface area contributed by atoms with Crippen molar-refractivity contribution in [2.45, 2.75) is 44.7 Å². The number of aliphatic hydroxyl groups is 1. The zero-order valence-corrected chi connectivity index (χ0v) is 11.5. The van der Waals surface area contributed by atoms with Gasteiger partial charge in [0, 0.05) is 31.8 Å². The minimum Gasteiger partial charge on any atom is -0.394 e. The zero-order valence-electron chi connectivity index (χ0n) is 11.5. The van der Waals surface area contributed by atoms with Gasteiger partial charge in [-0.25, -0.2) is 0 Å². The van der Waals surface area contributed by atoms with E-state index in [1.165, 1.54) is 0 Å². The van der Waals surface area contributed by atoms with Crippen molar-refractivity contribution in [1.82, 2.24) is 4.90 Å². The summed E-state index contributed by atoms with van der Waals surface area (Å²) in [6.07, 6.45) is 2.92. The highest BCUT2D eigenvalue weighted by molar-refractivity contribution is 4.97. The minimum atomic E-state index is -0.354. The molecule has 0 aromatic heterocycles. The molecule has 0 aromatic carbocycles. The summed E-state index contributed by atoms with van der Waals surface area (Å²) in [4.78, 5) is 2.47. The summed E-state index contributed by atoms with van der Waals surface area (Å²) >= 11 is 0. The lowest BCUT2D eigenvalue weighted by Gasteiger charge is -2.31. The zero-order chi connectivity index (χ0) is 12.9. The van der Waals surface area contributed by atoms with Crippen LogP contribution >= 0.6 is 0 Å². The second kappa shape index (κ2) is 6.69. The fourth-order valence-electron chi connectivity index (χ4n) is 2.68. The van der Waals surface area contributed by atoms with Crippen LogP contribution in [0.3, 0.4) is 0 Å². The van der Waals surface area contributed by atoms with E-state index in [0.29, 0.717) is 12.0 Å². The number of hydrogen-bond acceptors (Lipinski definition) is 4. The molecule has 0 aliphatic heterocycles. The fraction of sp³-hybridized carbons (Fsp3) is 1.00. The molecule has 1 saturated carbocycles. The molecular weight excluding hydrogens is 216 g/mol. The molecule has 0 bridgehead atoms. The van der Waals surface area contributed by atoms with E-state index in [1.807, 2.05) is 0 Å². The SMILES string of the molecule is COCCN(CC(C)C)C1CCC(N)(CO)C1. The van der Waals surface area contributed by atoms with Gasteiger partial charge in [-0.3, -0.25) is 4.90 Å². The first-order chi connectivity index (χ1) is 8.00. The normalized spacial score (nSPS) is 29.5. The molecule has 0 heterocycles. The van der Waals surface area contributed by atoms with Crippen LogP contribution in [0.4, 0.5) is 0 Å². The smallest absolute Gasteiger partial charge is 0.0611 e. The molecule has 1 aliphatic carbocycles. The van der Waals surface area contributed by atoms with Crippen LogP contribution in [0.2, 0.25) is 0 Å². The van der Waals surface area contributed by atoms with Gasteiger partial charge in [-0.2, -0.15) is 0 Å². The first-order valence-electron chi connectivity index (χ1n) is 6.63. The Hall–Kier alpha value is -0.160. The van der Waals surface area contributed by atoms with Gasteiger partial charge < -0.3 is 15.6 Å². The molecule has 2 unspecified atom stereocenters. The third kappa shape index (κ3) is 4.54. The van der Waals surface area contributed by atoms with Crippen molar-refractivity contribution in [3.05, 3.63) is 0 Å². The van der Waals surface area contributed by atoms with Gasteiger partial charge in [0.25, 0.3) is 0 Å². The summed E-state index contributed by atoms with van der Waals surface area (Å²) in [5.74, 6) is 0.647. The number of ether oxygens (including phenoxy) is 1. The van der Waals surface area contributed by atoms with Crippen molar-refractivity contribution in [2.75, 3.05) is 33.4 Å². The molecule has 4 nitrogen and oxygen atoms in total. The Morgan fingerprint density at radius 3 is 2.71 bits per heavy atom. The lowest BCUT2D eigenvalue weighted by molar-refractivity contribution is 0.105. The highest BCUT2D eigenvalue weighted by atomic mass is 16.5. The Kier molecular flexibility index (Phi) is 5.86. The Bertz CT molecular complexity index is 223. The van der Waals surface area contributed by atoms with Crippen LogP contribution in [0.25, 0.3) is 0 Å². The third-order valence-corrected chi connectivity index (χ3v) is 3.63. The van der Waals surface area contributed by atoms with Gasteiger partial charge in [0.05, 0.1) is 13.2 Å². The Labute approximate surface area is 105 Å². The van der Waals surface area contributed by atoms with E-state index in [4.69, 9.17) is 10.5 Å². The number of nitrogens with two attached hydrogens (primary N) is 1. The molecule has 3 N–H and O–H groups in total. The Morgan fingerprint density at radius 1 is 1.53 bits per heavy atom. The molecule has 0 spiro atoms. The molecule has 1 rings (SSSR count). The van der Waals surface area contributed by atoms with Gasteiger partial charge in [0.2, 0.25) is 0 Å². The largest absolute Gasteiger partial charge is 0.394 e. The quantitative estimate of drug-likeness (QED) is 0.696. The van der Waals surface area contributed by atoms with Crippen molar-refractivity contribution in [1.29, 1.82) is 0 Å². The Morgan fingerprint density at radius 2 is 2.24 bits per heavy atom. The van der Waals surface area contributed by atoms with Crippen molar-refractivity contribution < 1.29 is 9.84 Å². The van der Waals surface area contributed by atoms with Crippen LogP contribution in [-0.4, -0.2) is 55.0 Å². The minimum absolute atomic E-state index is 0.100. The molecular formula is C13H28N2O2. The maximum Gasteiger partial charge on any atom is 0.0611 e. The van der Waals surface area contributed by atoms with E-state index in [9.17, 15) is 5.11 Å². The number of rotatable bonds is 7. The average Bonchev–Trinajstić information content (AvgIpc) is 2.67. The predicted octanol–water partition coefficient (Wildman–Crippen LogP) is 0.833. The number of aliphatic hydroxyl groups excluding tert-OH is 1. The van der Waals surface area contributed by atoms with E-state index in [1.54, 1.807) is 7.11 Å². The molecule has 1 aliphatic rings. The summed E-state index contributed by atoms with van der Waals surface area (Å²) in [5.41, 5.74) is 5.78. The van der Waals surface area contributed by atoms with E-state index in [2.05, 4.69) is 18.7 Å². The molecule has 17 heavy (non-hydrogen) atoms. The van der Waals surface area contributed by atoms with Gasteiger partial charge in [0.1, 0.15) is 0 Å². The Balaban J connectivity index is 2.52. The van der Waals surface area contributed by atoms with Crippen molar-refractivity contribution in [2.24, 2.45) is 11.7 Å². The van der Waals surface area contributed by atoms with Gasteiger partial charge in [-0.15, -0.1) is 0 Å². The van der Waals surface area contributed by atoms with Crippen molar-refractivity contribution in [3.63, 3.8) is 0 Å². The summed E-state index contributed by atoms with van der Waals surface area (Å²) in [6, 6.07) is 0.504. The van der Waals surface area contributed by atoms with Gasteiger partial charge >= 0.3 is 0 Å². The first-order valence-corrected chi connectivity index (χ1v) is 6.63. The highest BCUT2D eigenvalue weighted by Gasteiger charge is 2.37. The van der Waals surface area contributed by atoms with E-state index in [0.717, 1.165) is 39.0 Å². The molecule has 4 heteroatoms. The standard InChI is InChI=1S/C13H28N2O2/c1-11(2)9-15(6-7-17-3)12-4-5-13(14,8-12)10-16/h11-12,16H,4-10,14H2,1-3H3. The third-order valence-electron chi connectivity index (χ3n) is 3.63. The number of methoxy groups -OCH3 is 1. The van der Waals surface area contributed by atoms with Crippen LogP contribution in [0, 0.1) is 5.92 Å². The lowest BCUT2D eigenvalue weighted by Crippen LogP contribution is -2.45. The van der Waals surface area contributed by atoms with Gasteiger partial charge in [0.15, 0.2) is 0 Å². The number of hydrogen-bond donors (Lipinski definition) is 2. The monoisotopic (exact) mass is 244 g/mol. The predicted molar refractivity (Wildman–Crippen MR) is 69.9 cm³/mol. The molecule has 0 radical (unpaired) electrons. The van der Waals surface area contributed by atoms with E-state index >= 15 is 0 Å². The first kappa shape index (κ1) is 14.9. The lowest BCUT2D eigenvalue weighted by atomic mass is 10.00. The van der Waals surface area contributed by atoms with Crippen LogP contribution in [-0.2, 0) is 4.74 Å². The fourth-order valence-corrected chi connectivity index (χ4v) is 2.68. The summed E-state index contributed by atoms with van der Waals surface area (Å²) in [5, 5.41) is 9.31. The van der Waals surface area contributed by atoms with Crippen LogP contribution < -0.4 is 5.73 Å². The average molecular weight is 244 g/mol. The van der Waals surface area contributed by atoms with E-state index < -0.39 is 0 Å². The second-order valence-corrected chi connectivity index (χ2v) is 5.80.